The van der Waals surface area contributed by atoms with Crippen LogP contribution in [0, 0.1) is 5.82 Å². The number of rotatable bonds is 5. The highest BCUT2D eigenvalue weighted by Crippen LogP contribution is 2.27. The second-order valence-electron chi connectivity index (χ2n) is 4.53. The second kappa shape index (κ2) is 6.58. The molecule has 1 aromatic carbocycles. The van der Waals surface area contributed by atoms with Crippen LogP contribution in [-0.2, 0) is 0 Å². The van der Waals surface area contributed by atoms with Gasteiger partial charge in [0, 0.05) is 18.2 Å². The van der Waals surface area contributed by atoms with Crippen LogP contribution < -0.4 is 11.1 Å². The number of benzene rings is 1. The molecule has 2 aromatic rings. The fraction of sp³-hybridized carbons (Fsp3) is 0.286. The lowest BCUT2D eigenvalue weighted by molar-refractivity contribution is 0.0956. The molecule has 0 aliphatic rings. The molecule has 20 heavy (non-hydrogen) atoms. The van der Waals surface area contributed by atoms with Crippen molar-refractivity contribution in [2.75, 3.05) is 6.54 Å². The number of nitrogens with one attached hydrogen (secondary N) is 1. The van der Waals surface area contributed by atoms with Crippen LogP contribution in [0.4, 0.5) is 4.39 Å². The number of hydrogen-bond acceptors (Lipinski definition) is 4. The van der Waals surface area contributed by atoms with Gasteiger partial charge in [-0.05, 0) is 25.5 Å². The molecule has 0 fully saturated rings. The molecule has 0 saturated heterocycles. The molecule has 0 saturated carbocycles. The highest BCUT2D eigenvalue weighted by molar-refractivity contribution is 7.16. The Bertz CT molecular complexity index is 598. The van der Waals surface area contributed by atoms with Crippen LogP contribution in [0.25, 0.3) is 10.6 Å². The van der Waals surface area contributed by atoms with Crippen LogP contribution in [0.3, 0.4) is 0 Å². The van der Waals surface area contributed by atoms with Gasteiger partial charge in [-0.2, -0.15) is 0 Å². The molecule has 0 aliphatic heterocycles. The van der Waals surface area contributed by atoms with Crippen LogP contribution in [0.5, 0.6) is 0 Å². The quantitative estimate of drug-likeness (QED) is 0.889. The summed E-state index contributed by atoms with van der Waals surface area (Å²) in [5.74, 6) is -0.545. The van der Waals surface area contributed by atoms with E-state index in [1.807, 2.05) is 6.92 Å². The predicted octanol–water partition coefficient (Wildman–Crippen LogP) is 2.42. The number of aromatic nitrogens is 1. The van der Waals surface area contributed by atoms with Gasteiger partial charge in [0.1, 0.15) is 15.7 Å². The summed E-state index contributed by atoms with van der Waals surface area (Å²) >= 11 is 1.17. The molecule has 0 aliphatic carbocycles. The lowest BCUT2D eigenvalue weighted by Crippen LogP contribution is -2.28. The van der Waals surface area contributed by atoms with E-state index in [4.69, 9.17) is 5.73 Å². The Hall–Kier alpha value is -1.79. The summed E-state index contributed by atoms with van der Waals surface area (Å²) in [6.45, 7) is 2.40. The van der Waals surface area contributed by atoms with Gasteiger partial charge in [0.05, 0.1) is 6.20 Å². The fourth-order valence-electron chi connectivity index (χ4n) is 1.64. The van der Waals surface area contributed by atoms with Crippen LogP contribution in [0.15, 0.2) is 30.5 Å². The summed E-state index contributed by atoms with van der Waals surface area (Å²) in [4.78, 5) is 16.5. The van der Waals surface area contributed by atoms with Gasteiger partial charge in [0.25, 0.3) is 5.91 Å². The van der Waals surface area contributed by atoms with Crippen molar-refractivity contribution >= 4 is 17.2 Å². The summed E-state index contributed by atoms with van der Waals surface area (Å²) in [6.07, 6.45) is 2.18. The largest absolute Gasteiger partial charge is 0.351 e. The van der Waals surface area contributed by atoms with Gasteiger partial charge in [-0.15, -0.1) is 11.3 Å². The van der Waals surface area contributed by atoms with E-state index in [1.54, 1.807) is 18.2 Å². The second-order valence-corrected chi connectivity index (χ2v) is 5.56. The van der Waals surface area contributed by atoms with Crippen molar-refractivity contribution in [1.29, 1.82) is 0 Å². The average Bonchev–Trinajstić information content (AvgIpc) is 2.88. The molecular weight excluding hydrogens is 277 g/mol. The number of nitrogens with two attached hydrogens (primary N) is 1. The number of carbonyl (C=O) groups is 1. The first-order valence-corrected chi connectivity index (χ1v) is 7.14. The Balaban J connectivity index is 2.06. The van der Waals surface area contributed by atoms with Gasteiger partial charge in [0.2, 0.25) is 0 Å². The molecule has 0 radical (unpaired) electrons. The molecule has 106 valence electrons. The van der Waals surface area contributed by atoms with E-state index < -0.39 is 0 Å². The minimum Gasteiger partial charge on any atom is -0.351 e. The predicted molar refractivity (Wildman–Crippen MR) is 78.1 cm³/mol. The first-order chi connectivity index (χ1) is 9.58. The van der Waals surface area contributed by atoms with E-state index in [0.29, 0.717) is 28.4 Å². The molecule has 1 heterocycles. The lowest BCUT2D eigenvalue weighted by Gasteiger charge is -2.05. The molecule has 1 aromatic heterocycles. The third-order valence-electron chi connectivity index (χ3n) is 2.72. The number of halogens is 1. The highest BCUT2D eigenvalue weighted by Gasteiger charge is 2.13. The summed E-state index contributed by atoms with van der Waals surface area (Å²) in [5, 5.41) is 3.27. The van der Waals surface area contributed by atoms with Crippen molar-refractivity contribution in [3.05, 3.63) is 41.2 Å². The molecule has 4 nitrogen and oxygen atoms in total. The standard InChI is InChI=1S/C14H16FN3OS/c1-9(16)6-7-17-13(19)12-8-18-14(20-12)10-4-2-3-5-11(10)15/h2-5,8-9H,6-7,16H2,1H3,(H,17,19). The van der Waals surface area contributed by atoms with Crippen molar-refractivity contribution in [1.82, 2.24) is 10.3 Å². The molecule has 1 unspecified atom stereocenters. The minimum absolute atomic E-state index is 0.0470. The Labute approximate surface area is 120 Å². The number of carbonyl (C=O) groups excluding carboxylic acids is 1. The monoisotopic (exact) mass is 293 g/mol. The maximum atomic E-state index is 13.6. The molecule has 1 amide bonds. The van der Waals surface area contributed by atoms with Gasteiger partial charge >= 0.3 is 0 Å². The number of amides is 1. The van der Waals surface area contributed by atoms with Gasteiger partial charge < -0.3 is 11.1 Å². The summed E-state index contributed by atoms with van der Waals surface area (Å²) in [6, 6.07) is 6.42. The Morgan fingerprint density at radius 3 is 2.95 bits per heavy atom. The number of hydrogen-bond donors (Lipinski definition) is 2. The van der Waals surface area contributed by atoms with Gasteiger partial charge in [-0.3, -0.25) is 4.79 Å². The SMILES string of the molecule is CC(N)CCNC(=O)c1cnc(-c2ccccc2F)s1. The van der Waals surface area contributed by atoms with Crippen LogP contribution in [-0.4, -0.2) is 23.5 Å². The molecule has 2 rings (SSSR count). The van der Waals surface area contributed by atoms with Crippen molar-refractivity contribution in [3.63, 3.8) is 0 Å². The van der Waals surface area contributed by atoms with E-state index >= 15 is 0 Å². The molecule has 0 spiro atoms. The fourth-order valence-corrected chi connectivity index (χ4v) is 2.50. The number of thiazole rings is 1. The molecule has 3 N–H and O–H groups in total. The van der Waals surface area contributed by atoms with Gasteiger partial charge in [-0.1, -0.05) is 12.1 Å². The normalized spacial score (nSPS) is 12.2. The van der Waals surface area contributed by atoms with E-state index in [-0.39, 0.29) is 17.8 Å². The first-order valence-electron chi connectivity index (χ1n) is 6.32. The number of nitrogens with zero attached hydrogens (tertiary/aromatic N) is 1. The van der Waals surface area contributed by atoms with Crippen molar-refractivity contribution in [3.8, 4) is 10.6 Å². The smallest absolute Gasteiger partial charge is 0.263 e. The highest BCUT2D eigenvalue weighted by atomic mass is 32.1. The molecule has 0 bridgehead atoms. The zero-order chi connectivity index (χ0) is 14.5. The Kier molecular flexibility index (Phi) is 4.81. The first kappa shape index (κ1) is 14.6. The maximum absolute atomic E-state index is 13.6. The summed E-state index contributed by atoms with van der Waals surface area (Å²) in [5.41, 5.74) is 6.02. The summed E-state index contributed by atoms with van der Waals surface area (Å²) in [7, 11) is 0. The Morgan fingerprint density at radius 2 is 2.25 bits per heavy atom. The zero-order valence-electron chi connectivity index (χ0n) is 11.1. The van der Waals surface area contributed by atoms with Gasteiger partial charge in [-0.25, -0.2) is 9.37 Å². The topological polar surface area (TPSA) is 68.0 Å². The van der Waals surface area contributed by atoms with Crippen LogP contribution in [0.1, 0.15) is 23.0 Å². The van der Waals surface area contributed by atoms with E-state index in [1.165, 1.54) is 23.6 Å². The third-order valence-corrected chi connectivity index (χ3v) is 3.75. The van der Waals surface area contributed by atoms with Crippen molar-refractivity contribution in [2.45, 2.75) is 19.4 Å². The van der Waals surface area contributed by atoms with E-state index in [0.717, 1.165) is 0 Å². The van der Waals surface area contributed by atoms with Gasteiger partial charge in [0.15, 0.2) is 0 Å². The van der Waals surface area contributed by atoms with E-state index in [9.17, 15) is 9.18 Å². The Morgan fingerprint density at radius 1 is 1.50 bits per heavy atom. The average molecular weight is 293 g/mol. The minimum atomic E-state index is -0.342. The zero-order valence-corrected chi connectivity index (χ0v) is 11.9. The third kappa shape index (κ3) is 3.61. The van der Waals surface area contributed by atoms with Crippen molar-refractivity contribution in [2.24, 2.45) is 5.73 Å². The molecule has 1 atom stereocenters. The van der Waals surface area contributed by atoms with Crippen LogP contribution in [0.2, 0.25) is 0 Å². The van der Waals surface area contributed by atoms with Crippen molar-refractivity contribution < 1.29 is 9.18 Å². The summed E-state index contributed by atoms with van der Waals surface area (Å²) < 4.78 is 13.6. The molecule has 6 heteroatoms. The molecular formula is C14H16FN3OS. The lowest BCUT2D eigenvalue weighted by atomic mass is 10.2. The maximum Gasteiger partial charge on any atom is 0.263 e. The van der Waals surface area contributed by atoms with E-state index in [2.05, 4.69) is 10.3 Å². The van der Waals surface area contributed by atoms with Crippen LogP contribution >= 0.6 is 11.3 Å².